The highest BCUT2D eigenvalue weighted by Crippen LogP contribution is 3.02. The molecule has 2 fully saturated rings. The van der Waals surface area contributed by atoms with Crippen LogP contribution in [0.25, 0.3) is 237 Å². The molecule has 0 aromatic heterocycles. The van der Waals surface area contributed by atoms with Gasteiger partial charge in [0.1, 0.15) is 0 Å². The van der Waals surface area contributed by atoms with E-state index in [4.69, 9.17) is 9.47 Å². The van der Waals surface area contributed by atoms with Crippen molar-refractivity contribution in [1.82, 2.24) is 0 Å². The quantitative estimate of drug-likeness (QED) is 0.101. The topological polar surface area (TPSA) is 52.6 Å². The van der Waals surface area contributed by atoms with Gasteiger partial charge in [-0.15, -0.1) is 0 Å². The van der Waals surface area contributed by atoms with E-state index in [1.807, 2.05) is 0 Å². The lowest BCUT2D eigenvalue weighted by Gasteiger charge is -2.39. The molecule has 2 saturated carbocycles. The molecule has 0 heterocycles. The number of methoxy groups -OCH3 is 2. The van der Waals surface area contributed by atoms with Gasteiger partial charge in [-0.25, -0.2) is 0 Å². The first-order chi connectivity index (χ1) is 43.6. The molecule has 0 aliphatic heterocycles. The van der Waals surface area contributed by atoms with E-state index in [-0.39, 0.29) is 45.4 Å². The maximum atomic E-state index is 13.9. The fourth-order valence-electron chi connectivity index (χ4n) is 32.3. The van der Waals surface area contributed by atoms with Crippen molar-refractivity contribution in [2.45, 2.75) is 82.9 Å². The molecule has 0 bridgehead atoms. The van der Waals surface area contributed by atoms with Crippen molar-refractivity contribution in [1.29, 1.82) is 0 Å². The van der Waals surface area contributed by atoms with Gasteiger partial charge in [0.2, 0.25) is 0 Å². The van der Waals surface area contributed by atoms with E-state index in [1.165, 1.54) is 11.1 Å². The number of ether oxygens (including phenoxy) is 2. The number of carbonyl (C=O) groups excluding carboxylic acids is 2. The standard InChI is InChI=1S/C84H30O4/c1-87-21(85)15-9-17-79(19-11-5-3-6-12-19)81-71-55-39-23-25-43-31-27(39)47-35-37-49-29-33-45-26-24-41(29)57(73(81)65(49)63(47)71)58-42(24)30-34-46(26)62-61(45)77-69(53(33)37)67(51(31)35)75-59(43)60-44(25)32-28-40(23)56(55)72-64-48(28)36-38(50(30)66(64)74(58)82(72,79)81)54(34)70-68(52(32)36)76(60)84(78(62)70)80(83(75,77)84,18-10-16-22(86)88-2)20-13-7-4-8-14-20/h3-8,11-14,63,71H,9-10,15-18H2,1-2H3. The number of carbonyl (C=O) groups is 2. The Labute approximate surface area is 489 Å². The van der Waals surface area contributed by atoms with Gasteiger partial charge in [0, 0.05) is 57.2 Å². The van der Waals surface area contributed by atoms with E-state index >= 15 is 0 Å². The SMILES string of the molecule is COC(=O)CCCC1(c2ccccc2)C23c4c5c6c2c2c7c8c9c%10c(c%11c4c4c%12c%13c%14c(c5%12)c5c%12c%15c%16c%17c%18c%19c%20c%21c%22c%23c(c%13c%13c%23c%23c%21c(c%10c%23c%11c%134)c4c%20c%10c%18c%11c%17c%12c(c65)c2c%11c7c%10c94)C(C%14%15)C%162C(CCCC(=O)OC)(c4ccccc4)C%22%192)C813. The summed E-state index contributed by atoms with van der Waals surface area (Å²) in [5.74, 6) is 0.282. The normalized spacial score (nSPS) is 29.4. The first kappa shape index (κ1) is 37.1. The minimum atomic E-state index is -0.398. The largest absolute Gasteiger partial charge is 0.469 e. The van der Waals surface area contributed by atoms with Crippen LogP contribution in [0.4, 0.5) is 0 Å². The smallest absolute Gasteiger partial charge is 0.305 e. The zero-order chi connectivity index (χ0) is 54.4. The summed E-state index contributed by atoms with van der Waals surface area (Å²) in [6.07, 6.45) is 4.27. The first-order valence-electron chi connectivity index (χ1n) is 33.1. The molecule has 8 unspecified atom stereocenters. The molecule has 12 aliphatic carbocycles. The number of benzene rings is 16. The zero-order valence-electron chi connectivity index (χ0n) is 46.8. The van der Waals surface area contributed by atoms with Crippen LogP contribution in [0.3, 0.4) is 0 Å². The highest BCUT2D eigenvalue weighted by molar-refractivity contribution is 6.75. The summed E-state index contributed by atoms with van der Waals surface area (Å²) in [5, 5.41) is 71.7. The molecule has 0 saturated heterocycles. The van der Waals surface area contributed by atoms with Gasteiger partial charge in [-0.1, -0.05) is 60.7 Å². The van der Waals surface area contributed by atoms with Crippen molar-refractivity contribution in [3.05, 3.63) is 127 Å². The molecule has 0 amide bonds. The van der Waals surface area contributed by atoms with Crippen molar-refractivity contribution < 1.29 is 19.1 Å². The second-order valence-corrected chi connectivity index (χ2v) is 31.8. The van der Waals surface area contributed by atoms with Crippen LogP contribution >= 0.6 is 0 Å². The molecule has 24 aromatic carbocycles. The zero-order valence-corrected chi connectivity index (χ0v) is 46.8. The molecule has 4 nitrogen and oxygen atoms in total. The minimum Gasteiger partial charge on any atom is -0.469 e. The molecule has 4 heteroatoms. The number of hydrogen-bond donors (Lipinski definition) is 0. The number of rotatable bonds is 10. The van der Waals surface area contributed by atoms with Crippen LogP contribution in [0.15, 0.2) is 60.7 Å². The summed E-state index contributed by atoms with van der Waals surface area (Å²) in [4.78, 5) is 27.7. The molecule has 24 aromatic rings. The molecule has 4 spiro atoms. The fraction of sp³-hybridized carbons (Fsp3) is 0.190. The highest BCUT2D eigenvalue weighted by Gasteiger charge is 2.98. The van der Waals surface area contributed by atoms with E-state index in [0.717, 1.165) is 25.7 Å². The summed E-state index contributed by atoms with van der Waals surface area (Å²) in [7, 11) is 3.20. The minimum absolute atomic E-state index is 0.0839. The third kappa shape index (κ3) is 2.10. The Morgan fingerprint density at radius 1 is 0.307 bits per heavy atom. The number of esters is 2. The number of hydrogen-bond acceptors (Lipinski definition) is 4. The average molecular weight is 1100 g/mol. The lowest BCUT2D eigenvalue weighted by atomic mass is 9.61. The lowest BCUT2D eigenvalue weighted by molar-refractivity contribution is -0.141. The fourth-order valence-corrected chi connectivity index (χ4v) is 32.3. The van der Waals surface area contributed by atoms with E-state index < -0.39 is 10.8 Å². The predicted octanol–water partition coefficient (Wildman–Crippen LogP) is 19.0. The molecule has 88 heavy (non-hydrogen) atoms. The first-order valence-corrected chi connectivity index (χ1v) is 33.1. The van der Waals surface area contributed by atoms with Gasteiger partial charge in [-0.2, -0.15) is 0 Å². The molecule has 12 aliphatic rings. The highest BCUT2D eigenvalue weighted by atomic mass is 16.5. The van der Waals surface area contributed by atoms with E-state index in [1.54, 1.807) is 307 Å². The summed E-state index contributed by atoms with van der Waals surface area (Å²) < 4.78 is 11.3. The predicted molar refractivity (Wildman–Crippen MR) is 352 cm³/mol. The molecule has 8 atom stereocenters. The van der Waals surface area contributed by atoms with Gasteiger partial charge in [-0.05, 0) is 329 Å². The maximum absolute atomic E-state index is 13.9. The van der Waals surface area contributed by atoms with Crippen LogP contribution in [-0.2, 0) is 51.6 Å². The van der Waals surface area contributed by atoms with Gasteiger partial charge in [0.15, 0.2) is 0 Å². The Hall–Kier alpha value is -9.64. The summed E-state index contributed by atoms with van der Waals surface area (Å²) in [6, 6.07) is 24.3. The van der Waals surface area contributed by atoms with Crippen molar-refractivity contribution in [3.63, 3.8) is 0 Å². The molecular formula is C84H30O4. The molecule has 0 N–H and O–H groups in total. The van der Waals surface area contributed by atoms with Crippen LogP contribution in [0.2, 0.25) is 0 Å². The van der Waals surface area contributed by atoms with Crippen LogP contribution in [0.1, 0.15) is 117 Å². The summed E-state index contributed by atoms with van der Waals surface area (Å²) >= 11 is 0. The van der Waals surface area contributed by atoms with E-state index in [2.05, 4.69) is 60.7 Å². The van der Waals surface area contributed by atoms with Crippen LogP contribution < -0.4 is 0 Å². The van der Waals surface area contributed by atoms with Crippen molar-refractivity contribution in [3.8, 4) is 0 Å². The van der Waals surface area contributed by atoms with Crippen molar-refractivity contribution in [2.24, 2.45) is 0 Å². The van der Waals surface area contributed by atoms with Gasteiger partial charge in [0.05, 0.1) is 14.2 Å². The Bertz CT molecular complexity index is 8110. The third-order valence-corrected chi connectivity index (χ3v) is 32.0. The molecular weight excluding hydrogens is 1070 g/mol. The Balaban J connectivity index is 0.972. The third-order valence-electron chi connectivity index (χ3n) is 32.0. The Morgan fingerprint density at radius 3 is 1.01 bits per heavy atom. The van der Waals surface area contributed by atoms with Crippen molar-refractivity contribution >= 4 is 249 Å². The van der Waals surface area contributed by atoms with Crippen molar-refractivity contribution in [2.75, 3.05) is 14.2 Å². The molecule has 390 valence electrons. The van der Waals surface area contributed by atoms with Gasteiger partial charge in [-0.3, -0.25) is 9.59 Å². The monoisotopic (exact) mass is 1100 g/mol. The van der Waals surface area contributed by atoms with Crippen LogP contribution in [0.5, 0.6) is 0 Å². The Kier molecular flexibility index (Phi) is 3.78. The van der Waals surface area contributed by atoms with Gasteiger partial charge in [0.25, 0.3) is 0 Å². The van der Waals surface area contributed by atoms with E-state index in [9.17, 15) is 9.59 Å². The van der Waals surface area contributed by atoms with Crippen LogP contribution in [0, 0.1) is 0 Å². The van der Waals surface area contributed by atoms with Gasteiger partial charge < -0.3 is 9.47 Å². The summed E-state index contributed by atoms with van der Waals surface area (Å²) in [5.41, 5.74) is 18.0. The lowest BCUT2D eigenvalue weighted by Crippen LogP contribution is -2.33. The Morgan fingerprint density at radius 2 is 0.591 bits per heavy atom. The molecule has 36 rings (SSSR count). The second kappa shape index (κ2) is 8.96. The average Bonchev–Trinajstić information content (AvgIpc) is 1.36. The summed E-state index contributed by atoms with van der Waals surface area (Å²) in [6.45, 7) is 0. The molecule has 0 radical (unpaired) electrons. The van der Waals surface area contributed by atoms with E-state index in [0.29, 0.717) is 12.8 Å². The van der Waals surface area contributed by atoms with Crippen LogP contribution in [-0.4, -0.2) is 26.2 Å². The maximum Gasteiger partial charge on any atom is 0.305 e. The van der Waals surface area contributed by atoms with Gasteiger partial charge >= 0.3 is 11.9 Å². The second-order valence-electron chi connectivity index (χ2n) is 31.8.